The van der Waals surface area contributed by atoms with Gasteiger partial charge in [0, 0.05) is 12.0 Å². The summed E-state index contributed by atoms with van der Waals surface area (Å²) >= 11 is 0. The van der Waals surface area contributed by atoms with E-state index < -0.39 is 0 Å². The summed E-state index contributed by atoms with van der Waals surface area (Å²) in [7, 11) is 0. The van der Waals surface area contributed by atoms with Crippen molar-refractivity contribution in [3.8, 4) is 5.75 Å². The van der Waals surface area contributed by atoms with Crippen LogP contribution in [0.5, 0.6) is 5.75 Å². The molecule has 2 aromatic heterocycles. The first-order valence-corrected chi connectivity index (χ1v) is 8.28. The molecule has 1 N–H and O–H groups in total. The highest BCUT2D eigenvalue weighted by Gasteiger charge is 2.13. The van der Waals surface area contributed by atoms with Crippen LogP contribution in [-0.4, -0.2) is 32.3 Å². The van der Waals surface area contributed by atoms with Crippen molar-refractivity contribution in [2.24, 2.45) is 0 Å². The van der Waals surface area contributed by atoms with Gasteiger partial charge in [-0.25, -0.2) is 4.52 Å². The maximum absolute atomic E-state index is 12.4. The molecule has 3 aromatic rings. The van der Waals surface area contributed by atoms with Crippen molar-refractivity contribution in [1.82, 2.24) is 19.8 Å². The van der Waals surface area contributed by atoms with Crippen LogP contribution in [0, 0.1) is 13.8 Å². The lowest BCUT2D eigenvalue weighted by Crippen LogP contribution is -2.14. The number of carbonyl (C=O) groups is 1. The van der Waals surface area contributed by atoms with Gasteiger partial charge in [-0.2, -0.15) is 5.10 Å². The monoisotopic (exact) mass is 339 g/mol. The van der Waals surface area contributed by atoms with Crippen molar-refractivity contribution >= 4 is 17.2 Å². The maximum atomic E-state index is 12.4. The Hall–Kier alpha value is -2.96. The van der Waals surface area contributed by atoms with E-state index in [0.29, 0.717) is 30.9 Å². The van der Waals surface area contributed by atoms with E-state index in [2.05, 4.69) is 20.6 Å². The Kier molecular flexibility index (Phi) is 4.92. The number of fused-ring (bicyclic) bond motifs is 1. The Morgan fingerprint density at radius 3 is 2.88 bits per heavy atom. The van der Waals surface area contributed by atoms with Gasteiger partial charge >= 0.3 is 0 Å². The standard InChI is InChI=1S/C18H21N5O2/c1-4-25-16-8-6-5-7-15(16)20-17(24)10-9-14-12(2)18-21-19-11-23(18)22-13(14)3/h5-8,11H,4,9-10H2,1-3H3,(H,20,24). The van der Waals surface area contributed by atoms with Gasteiger partial charge in [-0.15, -0.1) is 10.2 Å². The fourth-order valence-corrected chi connectivity index (χ4v) is 2.85. The summed E-state index contributed by atoms with van der Waals surface area (Å²) in [6.45, 7) is 6.38. The molecule has 0 radical (unpaired) electrons. The number of anilines is 1. The topological polar surface area (TPSA) is 81.4 Å². The predicted molar refractivity (Wildman–Crippen MR) is 94.8 cm³/mol. The molecule has 0 aliphatic heterocycles. The van der Waals surface area contributed by atoms with Crippen LogP contribution in [0.15, 0.2) is 30.6 Å². The van der Waals surface area contributed by atoms with Gasteiger partial charge in [-0.1, -0.05) is 12.1 Å². The molecule has 0 aliphatic carbocycles. The molecule has 3 rings (SSSR count). The number of hydrogen-bond donors (Lipinski definition) is 1. The first-order valence-electron chi connectivity index (χ1n) is 8.28. The molecule has 25 heavy (non-hydrogen) atoms. The Bertz CT molecular complexity index is 904. The number of amides is 1. The number of rotatable bonds is 6. The highest BCUT2D eigenvalue weighted by molar-refractivity contribution is 5.92. The molecule has 130 valence electrons. The van der Waals surface area contributed by atoms with Gasteiger partial charge in [0.2, 0.25) is 5.91 Å². The van der Waals surface area contributed by atoms with Crippen LogP contribution in [0.3, 0.4) is 0 Å². The molecule has 0 saturated carbocycles. The Balaban J connectivity index is 1.71. The van der Waals surface area contributed by atoms with Crippen molar-refractivity contribution in [2.45, 2.75) is 33.6 Å². The molecule has 0 fully saturated rings. The molecule has 7 heteroatoms. The number of benzene rings is 1. The van der Waals surface area contributed by atoms with Crippen LogP contribution in [0.1, 0.15) is 30.2 Å². The summed E-state index contributed by atoms with van der Waals surface area (Å²) in [5.74, 6) is 0.615. The number of nitrogens with one attached hydrogen (secondary N) is 1. The maximum Gasteiger partial charge on any atom is 0.224 e. The lowest BCUT2D eigenvalue weighted by Gasteiger charge is -2.12. The van der Waals surface area contributed by atoms with E-state index >= 15 is 0 Å². The molecule has 7 nitrogen and oxygen atoms in total. The summed E-state index contributed by atoms with van der Waals surface area (Å²) in [6.07, 6.45) is 2.53. The number of ether oxygens (including phenoxy) is 1. The average Bonchev–Trinajstić information content (AvgIpc) is 3.05. The molecule has 0 spiro atoms. The largest absolute Gasteiger partial charge is 0.492 e. The fraction of sp³-hybridized carbons (Fsp3) is 0.333. The minimum absolute atomic E-state index is 0.0627. The molecule has 1 aromatic carbocycles. The zero-order valence-electron chi connectivity index (χ0n) is 14.6. The third kappa shape index (κ3) is 3.60. The minimum Gasteiger partial charge on any atom is -0.492 e. The number of para-hydroxylation sites is 2. The lowest BCUT2D eigenvalue weighted by atomic mass is 10.0. The Morgan fingerprint density at radius 2 is 2.08 bits per heavy atom. The molecule has 0 unspecified atom stereocenters. The molecule has 2 heterocycles. The smallest absolute Gasteiger partial charge is 0.224 e. The Labute approximate surface area is 146 Å². The molecule has 1 amide bonds. The van der Waals surface area contributed by atoms with Gasteiger partial charge in [0.05, 0.1) is 18.0 Å². The van der Waals surface area contributed by atoms with Crippen molar-refractivity contribution in [1.29, 1.82) is 0 Å². The summed E-state index contributed by atoms with van der Waals surface area (Å²) in [6, 6.07) is 7.43. The van der Waals surface area contributed by atoms with Crippen LogP contribution in [0.4, 0.5) is 5.69 Å². The quantitative estimate of drug-likeness (QED) is 0.747. The van der Waals surface area contributed by atoms with Crippen LogP contribution in [-0.2, 0) is 11.2 Å². The van der Waals surface area contributed by atoms with E-state index in [-0.39, 0.29) is 5.91 Å². The van der Waals surface area contributed by atoms with E-state index in [0.717, 1.165) is 22.5 Å². The van der Waals surface area contributed by atoms with Crippen LogP contribution < -0.4 is 10.1 Å². The third-order valence-electron chi connectivity index (χ3n) is 4.08. The number of hydrogen-bond acceptors (Lipinski definition) is 5. The highest BCUT2D eigenvalue weighted by atomic mass is 16.5. The van der Waals surface area contributed by atoms with E-state index in [1.54, 1.807) is 10.8 Å². The highest BCUT2D eigenvalue weighted by Crippen LogP contribution is 2.24. The SMILES string of the molecule is CCOc1ccccc1NC(=O)CCc1c(C)nn2cnnc2c1C. The zero-order valence-corrected chi connectivity index (χ0v) is 14.6. The predicted octanol–water partition coefficient (Wildman–Crippen LogP) is 2.71. The van der Waals surface area contributed by atoms with Crippen molar-refractivity contribution in [3.05, 3.63) is 47.4 Å². The second kappa shape index (κ2) is 7.29. The number of nitrogens with zero attached hydrogens (tertiary/aromatic N) is 4. The van der Waals surface area contributed by atoms with Gasteiger partial charge in [0.1, 0.15) is 12.1 Å². The first kappa shape index (κ1) is 16.9. The first-order chi connectivity index (χ1) is 12.1. The van der Waals surface area contributed by atoms with E-state index in [1.165, 1.54) is 0 Å². The number of carbonyl (C=O) groups excluding carboxylic acids is 1. The van der Waals surface area contributed by atoms with Gasteiger partial charge in [-0.05, 0) is 44.9 Å². The molecule has 0 saturated heterocycles. The van der Waals surface area contributed by atoms with Crippen LogP contribution in [0.2, 0.25) is 0 Å². The van der Waals surface area contributed by atoms with E-state index in [4.69, 9.17) is 4.74 Å². The Morgan fingerprint density at radius 1 is 1.28 bits per heavy atom. The molecular formula is C18H21N5O2. The fourth-order valence-electron chi connectivity index (χ4n) is 2.85. The van der Waals surface area contributed by atoms with Gasteiger partial charge in [0.25, 0.3) is 0 Å². The van der Waals surface area contributed by atoms with E-state index in [9.17, 15) is 4.79 Å². The normalized spacial score (nSPS) is 10.8. The lowest BCUT2D eigenvalue weighted by molar-refractivity contribution is -0.116. The van der Waals surface area contributed by atoms with Crippen LogP contribution >= 0.6 is 0 Å². The number of aromatic nitrogens is 4. The zero-order chi connectivity index (χ0) is 17.8. The molecule has 0 atom stereocenters. The summed E-state index contributed by atoms with van der Waals surface area (Å²) in [4.78, 5) is 12.4. The summed E-state index contributed by atoms with van der Waals surface area (Å²) < 4.78 is 7.19. The van der Waals surface area contributed by atoms with E-state index in [1.807, 2.05) is 45.0 Å². The summed E-state index contributed by atoms with van der Waals surface area (Å²) in [5, 5.41) is 15.3. The second-order valence-electron chi connectivity index (χ2n) is 5.77. The van der Waals surface area contributed by atoms with Crippen molar-refractivity contribution in [3.63, 3.8) is 0 Å². The van der Waals surface area contributed by atoms with Gasteiger partial charge in [0.15, 0.2) is 5.65 Å². The second-order valence-corrected chi connectivity index (χ2v) is 5.77. The van der Waals surface area contributed by atoms with Gasteiger partial charge in [-0.3, -0.25) is 4.79 Å². The third-order valence-corrected chi connectivity index (χ3v) is 4.08. The minimum atomic E-state index is -0.0627. The van der Waals surface area contributed by atoms with Crippen LogP contribution in [0.25, 0.3) is 5.65 Å². The summed E-state index contributed by atoms with van der Waals surface area (Å²) in [5.41, 5.74) is 4.34. The van der Waals surface area contributed by atoms with Gasteiger partial charge < -0.3 is 10.1 Å². The number of aryl methyl sites for hydroxylation is 2. The molecular weight excluding hydrogens is 318 g/mol. The van der Waals surface area contributed by atoms with Crippen molar-refractivity contribution in [2.75, 3.05) is 11.9 Å². The molecule has 0 aliphatic rings. The molecule has 0 bridgehead atoms. The average molecular weight is 339 g/mol. The van der Waals surface area contributed by atoms with Crippen molar-refractivity contribution < 1.29 is 9.53 Å².